The Kier molecular flexibility index (Phi) is 3.97. The van der Waals surface area contributed by atoms with Crippen molar-refractivity contribution in [1.82, 2.24) is 10.3 Å². The normalized spacial score (nSPS) is 15.3. The van der Waals surface area contributed by atoms with Gasteiger partial charge in [-0.25, -0.2) is 4.98 Å². The summed E-state index contributed by atoms with van der Waals surface area (Å²) < 4.78 is 0. The van der Waals surface area contributed by atoms with E-state index in [2.05, 4.69) is 59.6 Å². The van der Waals surface area contributed by atoms with Gasteiger partial charge in [0, 0.05) is 31.7 Å². The Balaban J connectivity index is 1.94. The van der Waals surface area contributed by atoms with Gasteiger partial charge in [-0.05, 0) is 24.1 Å². The zero-order valence-corrected chi connectivity index (χ0v) is 12.0. The van der Waals surface area contributed by atoms with Crippen LogP contribution in [-0.4, -0.2) is 31.2 Å². The summed E-state index contributed by atoms with van der Waals surface area (Å²) in [6.45, 7) is 6.34. The lowest BCUT2D eigenvalue weighted by Gasteiger charge is -2.28. The van der Waals surface area contributed by atoms with Gasteiger partial charge in [0.25, 0.3) is 0 Å². The predicted octanol–water partition coefficient (Wildman–Crippen LogP) is 2.72. The first-order chi connectivity index (χ1) is 9.88. The fourth-order valence-corrected chi connectivity index (χ4v) is 2.72. The summed E-state index contributed by atoms with van der Waals surface area (Å²) >= 11 is 0. The molecule has 3 heteroatoms. The van der Waals surface area contributed by atoms with E-state index in [1.165, 1.54) is 11.1 Å². The molecule has 2 aromatic rings. The first kappa shape index (κ1) is 13.1. The van der Waals surface area contributed by atoms with Crippen molar-refractivity contribution in [2.24, 2.45) is 0 Å². The fraction of sp³-hybridized carbons (Fsp3) is 0.353. The van der Waals surface area contributed by atoms with Gasteiger partial charge in [0.2, 0.25) is 0 Å². The van der Waals surface area contributed by atoms with Crippen LogP contribution in [0.1, 0.15) is 12.5 Å². The van der Waals surface area contributed by atoms with Crippen LogP contribution in [0.25, 0.3) is 11.3 Å². The molecule has 0 saturated carbocycles. The molecule has 0 amide bonds. The third kappa shape index (κ3) is 2.68. The number of nitrogens with one attached hydrogen (secondary N) is 1. The van der Waals surface area contributed by atoms with Crippen LogP contribution in [0, 0.1) is 0 Å². The van der Waals surface area contributed by atoms with E-state index in [-0.39, 0.29) is 0 Å². The van der Waals surface area contributed by atoms with Crippen LogP contribution < -0.4 is 10.2 Å². The number of hydrogen-bond acceptors (Lipinski definition) is 3. The van der Waals surface area contributed by atoms with Crippen LogP contribution in [0.5, 0.6) is 0 Å². The van der Waals surface area contributed by atoms with Gasteiger partial charge < -0.3 is 10.2 Å². The summed E-state index contributed by atoms with van der Waals surface area (Å²) in [7, 11) is 0. The number of benzene rings is 1. The zero-order valence-electron chi connectivity index (χ0n) is 12.0. The largest absolute Gasteiger partial charge is 0.354 e. The molecular weight excluding hydrogens is 246 g/mol. The molecule has 2 heterocycles. The van der Waals surface area contributed by atoms with Crippen molar-refractivity contribution in [3.8, 4) is 11.3 Å². The zero-order chi connectivity index (χ0) is 13.8. The second-order valence-corrected chi connectivity index (χ2v) is 5.13. The van der Waals surface area contributed by atoms with Crippen molar-refractivity contribution >= 4 is 5.82 Å². The van der Waals surface area contributed by atoms with Crippen LogP contribution >= 0.6 is 0 Å². The minimum absolute atomic E-state index is 1.03. The minimum Gasteiger partial charge on any atom is -0.354 e. The van der Waals surface area contributed by atoms with E-state index in [0.717, 1.165) is 44.1 Å². The number of aromatic nitrogens is 1. The van der Waals surface area contributed by atoms with E-state index in [1.807, 2.05) is 0 Å². The smallest absolute Gasteiger partial charge is 0.129 e. The van der Waals surface area contributed by atoms with Gasteiger partial charge in [-0.2, -0.15) is 0 Å². The van der Waals surface area contributed by atoms with Gasteiger partial charge >= 0.3 is 0 Å². The highest BCUT2D eigenvalue weighted by Crippen LogP contribution is 2.24. The highest BCUT2D eigenvalue weighted by atomic mass is 15.2. The Labute approximate surface area is 120 Å². The maximum absolute atomic E-state index is 4.87. The van der Waals surface area contributed by atoms with Crippen molar-refractivity contribution < 1.29 is 0 Å². The molecule has 3 nitrogen and oxygen atoms in total. The lowest BCUT2D eigenvalue weighted by molar-refractivity contribution is 0.585. The summed E-state index contributed by atoms with van der Waals surface area (Å²) in [6, 6.07) is 14.9. The first-order valence-electron chi connectivity index (χ1n) is 7.39. The SMILES string of the molecule is CCc1ccccc1-c1cccc(N2CCNCC2)n1. The average molecular weight is 267 g/mol. The van der Waals surface area contributed by atoms with Gasteiger partial charge in [-0.3, -0.25) is 0 Å². The standard InChI is InChI=1S/C17H21N3/c1-2-14-6-3-4-7-15(14)16-8-5-9-17(19-16)20-12-10-18-11-13-20/h3-9,18H,2,10-13H2,1H3. The van der Waals surface area contributed by atoms with Gasteiger partial charge in [0.15, 0.2) is 0 Å². The molecule has 3 rings (SSSR count). The monoisotopic (exact) mass is 267 g/mol. The number of aryl methyl sites for hydroxylation is 1. The van der Waals surface area contributed by atoms with Crippen LogP contribution in [0.2, 0.25) is 0 Å². The Morgan fingerprint density at radius 1 is 1.05 bits per heavy atom. The average Bonchev–Trinajstić information content (AvgIpc) is 2.56. The molecule has 1 aliphatic heterocycles. The number of nitrogens with zero attached hydrogens (tertiary/aromatic N) is 2. The van der Waals surface area contributed by atoms with Crippen LogP contribution in [-0.2, 0) is 6.42 Å². The minimum atomic E-state index is 1.03. The fourth-order valence-electron chi connectivity index (χ4n) is 2.72. The Hall–Kier alpha value is -1.87. The van der Waals surface area contributed by atoms with E-state index in [9.17, 15) is 0 Å². The third-order valence-electron chi connectivity index (χ3n) is 3.85. The molecule has 1 saturated heterocycles. The second-order valence-electron chi connectivity index (χ2n) is 5.13. The molecule has 0 bridgehead atoms. The second kappa shape index (κ2) is 6.06. The highest BCUT2D eigenvalue weighted by Gasteiger charge is 2.12. The van der Waals surface area contributed by atoms with E-state index < -0.39 is 0 Å². The molecule has 104 valence electrons. The number of hydrogen-bond donors (Lipinski definition) is 1. The third-order valence-corrected chi connectivity index (χ3v) is 3.85. The highest BCUT2D eigenvalue weighted by molar-refractivity contribution is 5.65. The van der Waals surface area contributed by atoms with E-state index in [0.29, 0.717) is 0 Å². The van der Waals surface area contributed by atoms with Gasteiger partial charge in [-0.1, -0.05) is 37.3 Å². The molecule has 1 aliphatic rings. The maximum atomic E-state index is 4.87. The van der Waals surface area contributed by atoms with Crippen LogP contribution in [0.4, 0.5) is 5.82 Å². The molecule has 1 aromatic carbocycles. The Morgan fingerprint density at radius 3 is 2.65 bits per heavy atom. The maximum Gasteiger partial charge on any atom is 0.129 e. The molecular formula is C17H21N3. The molecule has 1 fully saturated rings. The molecule has 0 atom stereocenters. The summed E-state index contributed by atoms with van der Waals surface area (Å²) in [4.78, 5) is 7.23. The van der Waals surface area contributed by atoms with Crippen molar-refractivity contribution in [1.29, 1.82) is 0 Å². The summed E-state index contributed by atoms with van der Waals surface area (Å²) in [5.74, 6) is 1.09. The van der Waals surface area contributed by atoms with Crippen LogP contribution in [0.3, 0.4) is 0 Å². The van der Waals surface area contributed by atoms with Crippen molar-refractivity contribution in [3.63, 3.8) is 0 Å². The lowest BCUT2D eigenvalue weighted by Crippen LogP contribution is -2.43. The Morgan fingerprint density at radius 2 is 1.85 bits per heavy atom. The number of pyridine rings is 1. The number of rotatable bonds is 3. The molecule has 20 heavy (non-hydrogen) atoms. The summed E-state index contributed by atoms with van der Waals surface area (Å²) in [5, 5.41) is 3.38. The summed E-state index contributed by atoms with van der Waals surface area (Å²) in [5.41, 5.74) is 3.70. The van der Waals surface area contributed by atoms with Crippen molar-refractivity contribution in [2.75, 3.05) is 31.1 Å². The van der Waals surface area contributed by atoms with E-state index >= 15 is 0 Å². The molecule has 0 spiro atoms. The van der Waals surface area contributed by atoms with Crippen molar-refractivity contribution in [2.45, 2.75) is 13.3 Å². The Bertz CT molecular complexity index is 574. The number of piperazine rings is 1. The molecule has 0 aliphatic carbocycles. The molecule has 1 aromatic heterocycles. The van der Waals surface area contributed by atoms with Gasteiger partial charge in [0.05, 0.1) is 5.69 Å². The molecule has 0 unspecified atom stereocenters. The van der Waals surface area contributed by atoms with Crippen molar-refractivity contribution in [3.05, 3.63) is 48.0 Å². The predicted molar refractivity (Wildman–Crippen MR) is 84.1 cm³/mol. The van der Waals surface area contributed by atoms with E-state index in [4.69, 9.17) is 4.98 Å². The topological polar surface area (TPSA) is 28.2 Å². The van der Waals surface area contributed by atoms with Gasteiger partial charge in [0.1, 0.15) is 5.82 Å². The lowest BCUT2D eigenvalue weighted by atomic mass is 10.0. The first-order valence-corrected chi connectivity index (χ1v) is 7.39. The van der Waals surface area contributed by atoms with E-state index in [1.54, 1.807) is 0 Å². The molecule has 0 radical (unpaired) electrons. The molecule has 1 N–H and O–H groups in total. The quantitative estimate of drug-likeness (QED) is 0.927. The summed E-state index contributed by atoms with van der Waals surface area (Å²) in [6.07, 6.45) is 1.04. The number of anilines is 1. The van der Waals surface area contributed by atoms with Crippen LogP contribution in [0.15, 0.2) is 42.5 Å². The van der Waals surface area contributed by atoms with Gasteiger partial charge in [-0.15, -0.1) is 0 Å².